The van der Waals surface area contributed by atoms with Gasteiger partial charge in [-0.1, -0.05) is 12.5 Å². The van der Waals surface area contributed by atoms with Gasteiger partial charge in [-0.05, 0) is 69.1 Å². The van der Waals surface area contributed by atoms with Gasteiger partial charge in [0.05, 0.1) is 0 Å². The fourth-order valence-electron chi connectivity index (χ4n) is 3.49. The van der Waals surface area contributed by atoms with Crippen LogP contribution in [-0.4, -0.2) is 47.0 Å². The maximum Gasteiger partial charge on any atom is 0.268 e. The van der Waals surface area contributed by atoms with Crippen molar-refractivity contribution in [2.45, 2.75) is 39.7 Å². The number of hydrogen-bond donors (Lipinski definition) is 2. The van der Waals surface area contributed by atoms with Crippen LogP contribution in [-0.2, 0) is 6.54 Å². The second kappa shape index (κ2) is 10.1. The standard InChI is InChI=1S/C22H30N4O2/c1-17-14-18(2)25-21(17)22(27)24-9-4-7-13-28-20-15-19(8-10-23-20)16-26-11-5-3-6-12-26/h4,7-8,10,14-15,25H,3,5-6,9,11-13,16H2,1-2H3,(H,24,27)/b7-4-. The molecule has 0 saturated carbocycles. The van der Waals surface area contributed by atoms with Crippen molar-refractivity contribution >= 4 is 5.91 Å². The Bertz CT molecular complexity index is 807. The Kier molecular flexibility index (Phi) is 7.25. The molecule has 2 aromatic rings. The summed E-state index contributed by atoms with van der Waals surface area (Å²) in [7, 11) is 0. The van der Waals surface area contributed by atoms with Gasteiger partial charge in [0.15, 0.2) is 0 Å². The molecule has 0 spiro atoms. The van der Waals surface area contributed by atoms with Crippen molar-refractivity contribution in [3.05, 3.63) is 59.1 Å². The number of aromatic nitrogens is 2. The number of rotatable bonds is 8. The molecule has 1 amide bonds. The smallest absolute Gasteiger partial charge is 0.268 e. The Hall–Kier alpha value is -2.60. The Morgan fingerprint density at radius 3 is 2.82 bits per heavy atom. The van der Waals surface area contributed by atoms with Gasteiger partial charge in [-0.3, -0.25) is 9.69 Å². The molecule has 0 radical (unpaired) electrons. The van der Waals surface area contributed by atoms with Crippen LogP contribution in [0.5, 0.6) is 5.88 Å². The lowest BCUT2D eigenvalue weighted by atomic mass is 10.1. The lowest BCUT2D eigenvalue weighted by Crippen LogP contribution is -2.29. The summed E-state index contributed by atoms with van der Waals surface area (Å²) in [5.41, 5.74) is 3.80. The first kappa shape index (κ1) is 20.1. The summed E-state index contributed by atoms with van der Waals surface area (Å²) in [6, 6.07) is 6.03. The molecule has 6 nitrogen and oxygen atoms in total. The summed E-state index contributed by atoms with van der Waals surface area (Å²) in [4.78, 5) is 22.0. The van der Waals surface area contributed by atoms with Crippen molar-refractivity contribution in [1.82, 2.24) is 20.2 Å². The number of aryl methyl sites for hydroxylation is 2. The number of amides is 1. The monoisotopic (exact) mass is 382 g/mol. The minimum absolute atomic E-state index is 0.0942. The zero-order chi connectivity index (χ0) is 19.8. The number of hydrogen-bond acceptors (Lipinski definition) is 4. The summed E-state index contributed by atoms with van der Waals surface area (Å²) < 4.78 is 5.71. The van der Waals surface area contributed by atoms with Crippen molar-refractivity contribution in [2.75, 3.05) is 26.2 Å². The Balaban J connectivity index is 1.39. The largest absolute Gasteiger partial charge is 0.473 e. The van der Waals surface area contributed by atoms with Gasteiger partial charge < -0.3 is 15.0 Å². The first-order valence-corrected chi connectivity index (χ1v) is 10.0. The number of H-pyrrole nitrogens is 1. The topological polar surface area (TPSA) is 70.2 Å². The number of nitrogens with zero attached hydrogens (tertiary/aromatic N) is 2. The van der Waals surface area contributed by atoms with Gasteiger partial charge in [0.2, 0.25) is 5.88 Å². The van der Waals surface area contributed by atoms with E-state index < -0.39 is 0 Å². The number of carbonyl (C=O) groups is 1. The maximum absolute atomic E-state index is 12.1. The molecule has 3 rings (SSSR count). The highest BCUT2D eigenvalue weighted by Crippen LogP contribution is 2.15. The molecule has 0 bridgehead atoms. The van der Waals surface area contributed by atoms with E-state index in [1.807, 2.05) is 38.1 Å². The third-order valence-electron chi connectivity index (χ3n) is 4.91. The van der Waals surface area contributed by atoms with Crippen LogP contribution in [0, 0.1) is 13.8 Å². The molecular formula is C22H30N4O2. The number of nitrogens with one attached hydrogen (secondary N) is 2. The van der Waals surface area contributed by atoms with Gasteiger partial charge in [0.1, 0.15) is 12.3 Å². The zero-order valence-electron chi connectivity index (χ0n) is 16.8. The molecule has 1 fully saturated rings. The normalized spacial score (nSPS) is 15.1. The quantitative estimate of drug-likeness (QED) is 0.687. The number of pyridine rings is 1. The summed E-state index contributed by atoms with van der Waals surface area (Å²) in [5, 5.41) is 2.87. The molecule has 3 heterocycles. The summed E-state index contributed by atoms with van der Waals surface area (Å²) >= 11 is 0. The van der Waals surface area contributed by atoms with Crippen molar-refractivity contribution < 1.29 is 9.53 Å². The molecule has 1 saturated heterocycles. The van der Waals surface area contributed by atoms with Gasteiger partial charge in [-0.25, -0.2) is 4.98 Å². The van der Waals surface area contributed by atoms with E-state index in [0.29, 0.717) is 24.7 Å². The highest BCUT2D eigenvalue weighted by atomic mass is 16.5. The van der Waals surface area contributed by atoms with E-state index in [9.17, 15) is 4.79 Å². The van der Waals surface area contributed by atoms with Crippen molar-refractivity contribution in [3.63, 3.8) is 0 Å². The van der Waals surface area contributed by atoms with Crippen LogP contribution < -0.4 is 10.1 Å². The predicted molar refractivity (Wildman–Crippen MR) is 111 cm³/mol. The third kappa shape index (κ3) is 5.96. The maximum atomic E-state index is 12.1. The number of carbonyl (C=O) groups excluding carboxylic acids is 1. The SMILES string of the molecule is Cc1cc(C)c(C(=O)NC/C=C\COc2cc(CN3CCCCC3)ccn2)[nH]1. The van der Waals surface area contributed by atoms with Crippen LogP contribution in [0.15, 0.2) is 36.5 Å². The van der Waals surface area contributed by atoms with Gasteiger partial charge in [-0.2, -0.15) is 0 Å². The van der Waals surface area contributed by atoms with E-state index in [4.69, 9.17) is 4.74 Å². The molecule has 2 aromatic heterocycles. The first-order chi connectivity index (χ1) is 13.6. The summed E-state index contributed by atoms with van der Waals surface area (Å²) in [6.07, 6.45) is 9.52. The minimum atomic E-state index is -0.0942. The van der Waals surface area contributed by atoms with E-state index in [-0.39, 0.29) is 5.91 Å². The average molecular weight is 383 g/mol. The number of aromatic amines is 1. The van der Waals surface area contributed by atoms with Crippen LogP contribution in [0.25, 0.3) is 0 Å². The van der Waals surface area contributed by atoms with Crippen LogP contribution in [0.2, 0.25) is 0 Å². The highest BCUT2D eigenvalue weighted by Gasteiger charge is 2.11. The molecule has 0 aliphatic carbocycles. The van der Waals surface area contributed by atoms with E-state index in [1.165, 1.54) is 37.9 Å². The minimum Gasteiger partial charge on any atom is -0.473 e. The fraction of sp³-hybridized carbons (Fsp3) is 0.455. The van der Waals surface area contributed by atoms with Crippen LogP contribution in [0.3, 0.4) is 0 Å². The summed E-state index contributed by atoms with van der Waals surface area (Å²) in [5.74, 6) is 0.545. The van der Waals surface area contributed by atoms with Crippen LogP contribution in [0.1, 0.15) is 46.6 Å². The van der Waals surface area contributed by atoms with E-state index in [2.05, 4.69) is 26.3 Å². The molecular weight excluding hydrogens is 352 g/mol. The Morgan fingerprint density at radius 2 is 2.07 bits per heavy atom. The van der Waals surface area contributed by atoms with Gasteiger partial charge >= 0.3 is 0 Å². The zero-order valence-corrected chi connectivity index (χ0v) is 16.8. The van der Waals surface area contributed by atoms with Crippen molar-refractivity contribution in [1.29, 1.82) is 0 Å². The molecule has 2 N–H and O–H groups in total. The number of likely N-dealkylation sites (tertiary alicyclic amines) is 1. The van der Waals surface area contributed by atoms with Gasteiger partial charge in [0.25, 0.3) is 5.91 Å². The Morgan fingerprint density at radius 1 is 1.25 bits per heavy atom. The fourth-order valence-corrected chi connectivity index (χ4v) is 3.49. The molecule has 6 heteroatoms. The second-order valence-electron chi connectivity index (χ2n) is 7.34. The molecule has 0 atom stereocenters. The first-order valence-electron chi connectivity index (χ1n) is 10.0. The van der Waals surface area contributed by atoms with E-state index in [1.54, 1.807) is 6.20 Å². The molecule has 1 aliphatic rings. The second-order valence-corrected chi connectivity index (χ2v) is 7.34. The molecule has 28 heavy (non-hydrogen) atoms. The molecule has 0 unspecified atom stereocenters. The number of ether oxygens (including phenoxy) is 1. The van der Waals surface area contributed by atoms with Crippen LogP contribution in [0.4, 0.5) is 0 Å². The van der Waals surface area contributed by atoms with E-state index in [0.717, 1.165) is 17.8 Å². The van der Waals surface area contributed by atoms with E-state index >= 15 is 0 Å². The number of piperidine rings is 1. The molecule has 150 valence electrons. The molecule has 0 aromatic carbocycles. The van der Waals surface area contributed by atoms with Crippen LogP contribution >= 0.6 is 0 Å². The summed E-state index contributed by atoms with van der Waals surface area (Å²) in [6.45, 7) is 8.06. The lowest BCUT2D eigenvalue weighted by Gasteiger charge is -2.26. The van der Waals surface area contributed by atoms with Gasteiger partial charge in [0, 0.05) is 31.0 Å². The highest BCUT2D eigenvalue weighted by molar-refractivity contribution is 5.94. The molecule has 1 aliphatic heterocycles. The van der Waals surface area contributed by atoms with Crippen molar-refractivity contribution in [2.24, 2.45) is 0 Å². The Labute approximate surface area is 167 Å². The van der Waals surface area contributed by atoms with Crippen molar-refractivity contribution in [3.8, 4) is 5.88 Å². The predicted octanol–water partition coefficient (Wildman–Crippen LogP) is 3.38. The lowest BCUT2D eigenvalue weighted by molar-refractivity contribution is 0.0953. The third-order valence-corrected chi connectivity index (χ3v) is 4.91. The van der Waals surface area contributed by atoms with Gasteiger partial charge in [-0.15, -0.1) is 0 Å². The average Bonchev–Trinajstić information content (AvgIpc) is 3.04.